The number of halogens is 1. The van der Waals surface area contributed by atoms with Crippen molar-refractivity contribution in [3.63, 3.8) is 0 Å². The van der Waals surface area contributed by atoms with Crippen LogP contribution in [0.4, 0.5) is 0 Å². The second-order valence-electron chi connectivity index (χ2n) is 6.50. The van der Waals surface area contributed by atoms with E-state index in [1.54, 1.807) is 0 Å². The molecule has 0 bridgehead atoms. The Balaban J connectivity index is 2.00. The Kier molecular flexibility index (Phi) is 9.46. The van der Waals surface area contributed by atoms with Gasteiger partial charge in [-0.2, -0.15) is 0 Å². The Labute approximate surface area is 167 Å². The van der Waals surface area contributed by atoms with Gasteiger partial charge < -0.3 is 19.9 Å². The van der Waals surface area contributed by atoms with Crippen molar-refractivity contribution >= 4 is 11.6 Å². The number of aryl methyl sites for hydroxylation is 1. The minimum absolute atomic E-state index is 0.257. The monoisotopic (exact) mass is 391 g/mol. The zero-order valence-corrected chi connectivity index (χ0v) is 17.0. The molecule has 2 N–H and O–H groups in total. The lowest BCUT2D eigenvalue weighted by Gasteiger charge is -2.16. The number of hydrogen-bond donors (Lipinski definition) is 2. The van der Waals surface area contributed by atoms with Gasteiger partial charge in [-0.1, -0.05) is 35.9 Å². The van der Waals surface area contributed by atoms with E-state index >= 15 is 0 Å². The smallest absolute Gasteiger partial charge is 0.163 e. The highest BCUT2D eigenvalue weighted by atomic mass is 35.5. The lowest BCUT2D eigenvalue weighted by atomic mass is 10.1. The van der Waals surface area contributed by atoms with Gasteiger partial charge in [-0.05, 0) is 62.4 Å². The molecular formula is C22H30ClNO3. The van der Waals surface area contributed by atoms with Gasteiger partial charge in [0.1, 0.15) is 6.61 Å². The van der Waals surface area contributed by atoms with Gasteiger partial charge in [-0.3, -0.25) is 0 Å². The van der Waals surface area contributed by atoms with Gasteiger partial charge in [0.15, 0.2) is 11.5 Å². The molecule has 27 heavy (non-hydrogen) atoms. The highest BCUT2D eigenvalue weighted by Crippen LogP contribution is 2.34. The van der Waals surface area contributed by atoms with Crippen LogP contribution >= 0.6 is 11.6 Å². The standard InChI is InChI=1S/C22H30ClNO3/c1-3-26-21-13-19(15-24-11-7-4-8-12-25)20(23)14-22(21)27-16-18-10-6-5-9-17(18)2/h5-6,9-10,13-14,24-25H,3-4,7-8,11-12,15-16H2,1-2H3. The van der Waals surface area contributed by atoms with Crippen molar-refractivity contribution in [2.24, 2.45) is 0 Å². The number of unbranched alkanes of at least 4 members (excludes halogenated alkanes) is 2. The summed E-state index contributed by atoms with van der Waals surface area (Å²) in [5.41, 5.74) is 3.33. The first-order valence-corrected chi connectivity index (χ1v) is 9.97. The molecule has 0 radical (unpaired) electrons. The molecule has 4 nitrogen and oxygen atoms in total. The van der Waals surface area contributed by atoms with Crippen molar-refractivity contribution in [1.82, 2.24) is 5.32 Å². The molecule has 0 atom stereocenters. The van der Waals surface area contributed by atoms with Crippen LogP contribution in [0.15, 0.2) is 36.4 Å². The average Bonchev–Trinajstić information content (AvgIpc) is 2.66. The van der Waals surface area contributed by atoms with Crippen LogP contribution in [-0.2, 0) is 13.2 Å². The minimum atomic E-state index is 0.257. The summed E-state index contributed by atoms with van der Waals surface area (Å²) in [6, 6.07) is 12.0. The average molecular weight is 392 g/mol. The fourth-order valence-corrected chi connectivity index (χ4v) is 3.00. The van der Waals surface area contributed by atoms with E-state index in [4.69, 9.17) is 26.2 Å². The van der Waals surface area contributed by atoms with Crippen molar-refractivity contribution in [3.8, 4) is 11.5 Å². The second-order valence-corrected chi connectivity index (χ2v) is 6.91. The first-order valence-electron chi connectivity index (χ1n) is 9.59. The van der Waals surface area contributed by atoms with E-state index in [0.717, 1.165) is 36.9 Å². The van der Waals surface area contributed by atoms with Crippen LogP contribution in [0.25, 0.3) is 0 Å². The predicted octanol–water partition coefficient (Wildman–Crippen LogP) is 4.88. The summed E-state index contributed by atoms with van der Waals surface area (Å²) in [5, 5.41) is 12.9. The molecule has 0 unspecified atom stereocenters. The third-order valence-electron chi connectivity index (χ3n) is 4.38. The Morgan fingerprint density at radius 1 is 1.00 bits per heavy atom. The zero-order chi connectivity index (χ0) is 19.5. The fraction of sp³-hybridized carbons (Fsp3) is 0.455. The number of nitrogens with one attached hydrogen (secondary N) is 1. The summed E-state index contributed by atoms with van der Waals surface area (Å²) in [6.07, 6.45) is 2.91. The van der Waals surface area contributed by atoms with Gasteiger partial charge >= 0.3 is 0 Å². The van der Waals surface area contributed by atoms with E-state index < -0.39 is 0 Å². The van der Waals surface area contributed by atoms with E-state index in [0.29, 0.717) is 36.3 Å². The molecule has 0 amide bonds. The van der Waals surface area contributed by atoms with Crippen LogP contribution < -0.4 is 14.8 Å². The molecule has 5 heteroatoms. The van der Waals surface area contributed by atoms with Gasteiger partial charge in [0, 0.05) is 24.2 Å². The topological polar surface area (TPSA) is 50.7 Å². The molecule has 2 rings (SSSR count). The van der Waals surface area contributed by atoms with Crippen molar-refractivity contribution in [2.45, 2.75) is 46.3 Å². The summed E-state index contributed by atoms with van der Waals surface area (Å²) >= 11 is 6.47. The van der Waals surface area contributed by atoms with Crippen molar-refractivity contribution in [1.29, 1.82) is 0 Å². The summed E-state index contributed by atoms with van der Waals surface area (Å²) in [4.78, 5) is 0. The number of rotatable bonds is 12. The molecule has 0 aliphatic rings. The van der Waals surface area contributed by atoms with E-state index in [9.17, 15) is 0 Å². The third kappa shape index (κ3) is 7.06. The Morgan fingerprint density at radius 3 is 2.52 bits per heavy atom. The minimum Gasteiger partial charge on any atom is -0.490 e. The van der Waals surface area contributed by atoms with Crippen LogP contribution in [0.5, 0.6) is 11.5 Å². The van der Waals surface area contributed by atoms with Gasteiger partial charge in [-0.15, -0.1) is 0 Å². The molecule has 0 saturated carbocycles. The normalized spacial score (nSPS) is 10.8. The molecule has 0 saturated heterocycles. The summed E-state index contributed by atoms with van der Waals surface area (Å²) in [6.45, 7) is 6.90. The highest BCUT2D eigenvalue weighted by Gasteiger charge is 2.12. The maximum absolute atomic E-state index is 8.81. The molecule has 0 spiro atoms. The Bertz CT molecular complexity index is 706. The van der Waals surface area contributed by atoms with Crippen molar-refractivity contribution < 1.29 is 14.6 Å². The zero-order valence-electron chi connectivity index (χ0n) is 16.3. The molecule has 0 aliphatic carbocycles. The lowest BCUT2D eigenvalue weighted by Crippen LogP contribution is -2.15. The van der Waals surface area contributed by atoms with Gasteiger partial charge in [0.2, 0.25) is 0 Å². The predicted molar refractivity (Wildman–Crippen MR) is 111 cm³/mol. The number of hydrogen-bond acceptors (Lipinski definition) is 4. The van der Waals surface area contributed by atoms with E-state index in [2.05, 4.69) is 24.4 Å². The van der Waals surface area contributed by atoms with Crippen LogP contribution in [0.3, 0.4) is 0 Å². The van der Waals surface area contributed by atoms with Crippen molar-refractivity contribution in [3.05, 3.63) is 58.1 Å². The second kappa shape index (κ2) is 11.9. The number of aliphatic hydroxyl groups is 1. The first-order chi connectivity index (χ1) is 13.2. The van der Waals surface area contributed by atoms with E-state index in [1.165, 1.54) is 5.56 Å². The Morgan fingerprint density at radius 2 is 1.78 bits per heavy atom. The fourth-order valence-electron chi connectivity index (χ4n) is 2.78. The van der Waals surface area contributed by atoms with Gasteiger partial charge in [-0.25, -0.2) is 0 Å². The van der Waals surface area contributed by atoms with Gasteiger partial charge in [0.05, 0.1) is 6.61 Å². The SMILES string of the molecule is CCOc1cc(CNCCCCCO)c(Cl)cc1OCc1ccccc1C. The number of aliphatic hydroxyl groups excluding tert-OH is 1. The van der Waals surface area contributed by atoms with Crippen molar-refractivity contribution in [2.75, 3.05) is 19.8 Å². The van der Waals surface area contributed by atoms with Crippen LogP contribution in [-0.4, -0.2) is 24.9 Å². The third-order valence-corrected chi connectivity index (χ3v) is 4.74. The maximum Gasteiger partial charge on any atom is 0.163 e. The molecule has 0 aromatic heterocycles. The van der Waals surface area contributed by atoms with Crippen LogP contribution in [0, 0.1) is 6.92 Å². The summed E-state index contributed by atoms with van der Waals surface area (Å²) in [7, 11) is 0. The Hall–Kier alpha value is -1.75. The maximum atomic E-state index is 8.81. The molecule has 148 valence electrons. The molecule has 0 aliphatic heterocycles. The quantitative estimate of drug-likeness (QED) is 0.506. The first kappa shape index (κ1) is 21.5. The summed E-state index contributed by atoms with van der Waals surface area (Å²) in [5.74, 6) is 1.38. The van der Waals surface area contributed by atoms with Crippen LogP contribution in [0.1, 0.15) is 42.9 Å². The molecule has 0 fully saturated rings. The molecular weight excluding hydrogens is 362 g/mol. The molecule has 2 aromatic carbocycles. The number of ether oxygens (including phenoxy) is 2. The largest absolute Gasteiger partial charge is 0.490 e. The number of benzene rings is 2. The summed E-state index contributed by atoms with van der Waals surface area (Å²) < 4.78 is 11.8. The highest BCUT2D eigenvalue weighted by molar-refractivity contribution is 6.31. The van der Waals surface area contributed by atoms with E-state index in [-0.39, 0.29) is 6.61 Å². The molecule has 2 aromatic rings. The van der Waals surface area contributed by atoms with Crippen LogP contribution in [0.2, 0.25) is 5.02 Å². The van der Waals surface area contributed by atoms with Gasteiger partial charge in [0.25, 0.3) is 0 Å². The molecule has 0 heterocycles. The lowest BCUT2D eigenvalue weighted by molar-refractivity contribution is 0.268. The van der Waals surface area contributed by atoms with E-state index in [1.807, 2.05) is 31.2 Å².